The second kappa shape index (κ2) is 23.8. The second-order valence-electron chi connectivity index (χ2n) is 12.4. The van der Waals surface area contributed by atoms with Crippen LogP contribution < -0.4 is 41.9 Å². The fourth-order valence-electron chi connectivity index (χ4n) is 5.66. The molecule has 0 saturated carbocycles. The molecule has 0 radical (unpaired) electrons. The van der Waals surface area contributed by atoms with Crippen LogP contribution in [0.1, 0.15) is 12.5 Å². The lowest BCUT2D eigenvalue weighted by molar-refractivity contribution is -0.114. The van der Waals surface area contributed by atoms with Crippen LogP contribution in [0.15, 0.2) is 216 Å². The van der Waals surface area contributed by atoms with Crippen molar-refractivity contribution in [2.75, 3.05) is 12.4 Å². The monoisotopic (exact) mass is 866 g/mol. The predicted octanol–water partition coefficient (Wildman–Crippen LogP) is 10.8. The van der Waals surface area contributed by atoms with Crippen LogP contribution in [0.5, 0.6) is 5.75 Å². The molecule has 0 bridgehead atoms. The average Bonchev–Trinajstić information content (AvgIpc) is 3.75. The molecule has 1 heterocycles. The molecule has 1 N–H and O–H groups in total. The van der Waals surface area contributed by atoms with Crippen molar-refractivity contribution in [1.82, 2.24) is 4.98 Å². The van der Waals surface area contributed by atoms with E-state index in [0.29, 0.717) is 0 Å². The van der Waals surface area contributed by atoms with E-state index in [1.807, 2.05) is 19.1 Å². The van der Waals surface area contributed by atoms with Crippen LogP contribution in [-0.4, -0.2) is 18.0 Å². The number of aromatic nitrogens is 1. The van der Waals surface area contributed by atoms with Gasteiger partial charge in [-0.25, -0.2) is 0 Å². The van der Waals surface area contributed by atoms with Gasteiger partial charge in [-0.1, -0.05) is 188 Å². The van der Waals surface area contributed by atoms with Gasteiger partial charge in [-0.05, 0) is 82.2 Å². The molecule has 8 aromatic rings. The topological polar surface area (TPSA) is 51.2 Å². The number of thiazole rings is 1. The Labute approximate surface area is 352 Å². The van der Waals surface area contributed by atoms with Crippen molar-refractivity contribution in [2.24, 2.45) is 0 Å². The van der Waals surface area contributed by atoms with Crippen molar-refractivity contribution in [1.29, 1.82) is 0 Å². The standard InChI is InChI=1S/2C18H15P.C10H13NO2.C3H2BrNS/c2*1-4-10-16(11-5-1)19(17-12-6-2-7-13-17)18-14-8-3-9-15-18;1-7-4-5-9(11-8(2)12)6-10(7)13-3;4-3-1-5-2-6-3/h2*1-15H;4-6H,1-3H3,(H,11,12);1-2H. The highest BCUT2D eigenvalue weighted by molar-refractivity contribution is 9.11. The molecule has 4 nitrogen and oxygen atoms in total. The van der Waals surface area contributed by atoms with Crippen molar-refractivity contribution < 1.29 is 9.53 Å². The van der Waals surface area contributed by atoms with Crippen molar-refractivity contribution in [3.8, 4) is 5.75 Å². The maximum absolute atomic E-state index is 10.7. The van der Waals surface area contributed by atoms with Crippen LogP contribution in [-0.2, 0) is 4.79 Å². The first-order chi connectivity index (χ1) is 27.9. The van der Waals surface area contributed by atoms with E-state index in [1.165, 1.54) is 38.8 Å². The molecule has 0 aliphatic carbocycles. The summed E-state index contributed by atoms with van der Waals surface area (Å²) in [7, 11) is 0.719. The largest absolute Gasteiger partial charge is 0.496 e. The van der Waals surface area contributed by atoms with Crippen LogP contribution in [0.4, 0.5) is 5.69 Å². The third-order valence-corrected chi connectivity index (χ3v) is 14.4. The van der Waals surface area contributed by atoms with E-state index in [0.717, 1.165) is 20.8 Å². The van der Waals surface area contributed by atoms with Crippen LogP contribution in [0.2, 0.25) is 0 Å². The summed E-state index contributed by atoms with van der Waals surface area (Å²) in [5.74, 6) is 0.706. The minimum Gasteiger partial charge on any atom is -0.496 e. The number of carbonyl (C=O) groups excluding carboxylic acids is 1. The van der Waals surface area contributed by atoms with Crippen LogP contribution >= 0.6 is 43.1 Å². The number of benzene rings is 7. The first-order valence-corrected chi connectivity index (χ1v) is 22.7. The maximum atomic E-state index is 10.7. The zero-order valence-corrected chi connectivity index (χ0v) is 36.3. The Bertz CT molecular complexity index is 2000. The highest BCUT2D eigenvalue weighted by Gasteiger charge is 2.16. The summed E-state index contributed by atoms with van der Waals surface area (Å²) in [6.07, 6.45) is 1.77. The molecule has 7 aromatic carbocycles. The molecule has 8 heteroatoms. The van der Waals surface area contributed by atoms with Gasteiger partial charge in [-0.3, -0.25) is 9.78 Å². The number of hydrogen-bond acceptors (Lipinski definition) is 4. The Kier molecular flexibility index (Phi) is 17.9. The van der Waals surface area contributed by atoms with E-state index in [1.54, 1.807) is 36.2 Å². The van der Waals surface area contributed by atoms with Gasteiger partial charge in [0.15, 0.2) is 0 Å². The number of hydrogen-bond donors (Lipinski definition) is 1. The number of nitrogens with zero attached hydrogens (tertiary/aromatic N) is 1. The minimum absolute atomic E-state index is 0.0779. The first kappa shape index (κ1) is 42.9. The summed E-state index contributed by atoms with van der Waals surface area (Å²) in [6, 6.07) is 70.2. The summed E-state index contributed by atoms with van der Waals surface area (Å²) in [6.45, 7) is 3.43. The molecule has 0 spiro atoms. The SMILES string of the molecule is Brc1cncs1.COc1cc(NC(C)=O)ccc1C.c1ccc(P(c2ccccc2)c2ccccc2)cc1.c1ccc(P(c2ccccc2)c2ccccc2)cc1. The molecular formula is C49H45BrN2O2P2S. The summed E-state index contributed by atoms with van der Waals surface area (Å²) in [4.78, 5) is 14.5. The van der Waals surface area contributed by atoms with Gasteiger partial charge in [0.25, 0.3) is 0 Å². The summed E-state index contributed by atoms with van der Waals surface area (Å²) in [5.41, 5.74) is 3.59. The quantitative estimate of drug-likeness (QED) is 0.155. The van der Waals surface area contributed by atoms with Crippen molar-refractivity contribution >= 4 is 86.5 Å². The molecule has 0 fully saturated rings. The Hall–Kier alpha value is -5.22. The Morgan fingerprint density at radius 1 is 0.561 bits per heavy atom. The summed E-state index contributed by atoms with van der Waals surface area (Å²) < 4.78 is 6.20. The number of halogens is 1. The predicted molar refractivity (Wildman–Crippen MR) is 252 cm³/mol. The number of aryl methyl sites for hydroxylation is 1. The van der Waals surface area contributed by atoms with Crippen molar-refractivity contribution in [2.45, 2.75) is 13.8 Å². The van der Waals surface area contributed by atoms with E-state index in [9.17, 15) is 4.79 Å². The normalized spacial score (nSPS) is 10.1. The molecular weight excluding hydrogens is 822 g/mol. The lowest BCUT2D eigenvalue weighted by Crippen LogP contribution is -2.20. The van der Waals surface area contributed by atoms with Gasteiger partial charge in [-0.15, -0.1) is 11.3 Å². The van der Waals surface area contributed by atoms with E-state index in [4.69, 9.17) is 4.74 Å². The van der Waals surface area contributed by atoms with E-state index >= 15 is 0 Å². The number of carbonyl (C=O) groups is 1. The smallest absolute Gasteiger partial charge is 0.221 e. The van der Waals surface area contributed by atoms with Gasteiger partial charge < -0.3 is 10.1 Å². The number of anilines is 1. The van der Waals surface area contributed by atoms with Gasteiger partial charge in [0.1, 0.15) is 5.75 Å². The van der Waals surface area contributed by atoms with E-state index in [-0.39, 0.29) is 5.91 Å². The lowest BCUT2D eigenvalue weighted by Gasteiger charge is -2.18. The third kappa shape index (κ3) is 14.0. The zero-order chi connectivity index (χ0) is 40.1. The lowest BCUT2D eigenvalue weighted by atomic mass is 10.2. The molecule has 0 aliphatic rings. The van der Waals surface area contributed by atoms with Crippen molar-refractivity contribution in [3.63, 3.8) is 0 Å². The number of nitrogens with one attached hydrogen (secondary N) is 1. The average molecular weight is 868 g/mol. The van der Waals surface area contributed by atoms with Gasteiger partial charge in [-0.2, -0.15) is 0 Å². The third-order valence-electron chi connectivity index (χ3n) is 8.22. The number of amides is 1. The highest BCUT2D eigenvalue weighted by Crippen LogP contribution is 2.33. The molecule has 0 aliphatic heterocycles. The molecule has 57 heavy (non-hydrogen) atoms. The van der Waals surface area contributed by atoms with Gasteiger partial charge >= 0.3 is 0 Å². The molecule has 0 unspecified atom stereocenters. The molecule has 1 aromatic heterocycles. The minimum atomic E-state index is -0.446. The molecule has 0 saturated heterocycles. The van der Waals surface area contributed by atoms with Gasteiger partial charge in [0.05, 0.1) is 22.6 Å². The number of rotatable bonds is 8. The fraction of sp³-hybridized carbons (Fsp3) is 0.0612. The number of methoxy groups -OCH3 is 1. The van der Waals surface area contributed by atoms with Gasteiger partial charge in [0.2, 0.25) is 5.91 Å². The zero-order valence-electron chi connectivity index (χ0n) is 32.2. The fourth-order valence-corrected chi connectivity index (χ4v) is 11.0. The highest BCUT2D eigenvalue weighted by atomic mass is 79.9. The second-order valence-corrected chi connectivity index (χ2v) is 19.1. The molecule has 0 atom stereocenters. The molecule has 1 amide bonds. The maximum Gasteiger partial charge on any atom is 0.221 e. The number of ether oxygens (including phenoxy) is 1. The Balaban J connectivity index is 0.000000154. The Morgan fingerprint density at radius 3 is 1.12 bits per heavy atom. The van der Waals surface area contributed by atoms with Crippen LogP contribution in [0.25, 0.3) is 0 Å². The van der Waals surface area contributed by atoms with E-state index < -0.39 is 15.8 Å². The Morgan fingerprint density at radius 2 is 0.895 bits per heavy atom. The van der Waals surface area contributed by atoms with Crippen LogP contribution in [0, 0.1) is 6.92 Å². The summed E-state index contributed by atoms with van der Waals surface area (Å²) >= 11 is 4.82. The molecule has 8 rings (SSSR count). The first-order valence-electron chi connectivity index (χ1n) is 18.3. The van der Waals surface area contributed by atoms with Crippen LogP contribution in [0.3, 0.4) is 0 Å². The van der Waals surface area contributed by atoms with E-state index in [2.05, 4.69) is 208 Å². The molecule has 286 valence electrons. The summed E-state index contributed by atoms with van der Waals surface area (Å²) in [5, 5.41) is 11.1. The van der Waals surface area contributed by atoms with Gasteiger partial charge in [0, 0.05) is 18.7 Å². The van der Waals surface area contributed by atoms with Crippen molar-refractivity contribution in [3.05, 3.63) is 221 Å².